The third-order valence-corrected chi connectivity index (χ3v) is 4.75. The van der Waals surface area contributed by atoms with E-state index in [2.05, 4.69) is 4.98 Å². The normalized spacial score (nSPS) is 15.8. The minimum atomic E-state index is -0.456. The highest BCUT2D eigenvalue weighted by Crippen LogP contribution is 2.32. The van der Waals surface area contributed by atoms with Crippen molar-refractivity contribution >= 4 is 41.6 Å². The maximum Gasteiger partial charge on any atom is 0.309 e. The van der Waals surface area contributed by atoms with Crippen LogP contribution in [0.15, 0.2) is 36.9 Å². The van der Waals surface area contributed by atoms with Gasteiger partial charge in [0.2, 0.25) is 0 Å². The zero-order chi connectivity index (χ0) is 16.2. The van der Waals surface area contributed by atoms with E-state index in [4.69, 9.17) is 27.9 Å². The minimum absolute atomic E-state index is 0. The number of halogens is 3. The Labute approximate surface area is 157 Å². The molecule has 0 bridgehead atoms. The average molecular weight is 390 g/mol. The summed E-state index contributed by atoms with van der Waals surface area (Å²) in [5, 5.41) is 1.06. The molecule has 0 N–H and O–H groups in total. The molecule has 0 saturated heterocycles. The molecule has 7 heteroatoms. The van der Waals surface area contributed by atoms with Crippen molar-refractivity contribution in [1.82, 2.24) is 9.55 Å². The van der Waals surface area contributed by atoms with Gasteiger partial charge in [-0.25, -0.2) is 4.98 Å². The molecule has 1 fully saturated rings. The molecule has 0 radical (unpaired) electrons. The molecular formula is C17H19Cl3N2O2. The van der Waals surface area contributed by atoms with Gasteiger partial charge in [0, 0.05) is 28.0 Å². The van der Waals surface area contributed by atoms with Crippen LogP contribution in [0.25, 0.3) is 0 Å². The summed E-state index contributed by atoms with van der Waals surface area (Å²) in [7, 11) is 0. The van der Waals surface area contributed by atoms with E-state index in [9.17, 15) is 4.79 Å². The SMILES string of the molecule is Cl.O=C(OC(Cn1ccnc1)c1ccc(Cl)cc1Cl)C1CCCC1. The van der Waals surface area contributed by atoms with Gasteiger partial charge >= 0.3 is 5.97 Å². The molecule has 4 nitrogen and oxygen atoms in total. The van der Waals surface area contributed by atoms with Crippen molar-refractivity contribution in [2.75, 3.05) is 0 Å². The Morgan fingerprint density at radius 1 is 1.33 bits per heavy atom. The minimum Gasteiger partial charge on any atom is -0.455 e. The highest BCUT2D eigenvalue weighted by Gasteiger charge is 2.28. The third-order valence-electron chi connectivity index (χ3n) is 4.19. The molecule has 3 rings (SSSR count). The van der Waals surface area contributed by atoms with Crippen molar-refractivity contribution in [3.05, 3.63) is 52.5 Å². The number of hydrogen-bond donors (Lipinski definition) is 0. The maximum atomic E-state index is 12.4. The molecule has 0 amide bonds. The van der Waals surface area contributed by atoms with Crippen LogP contribution < -0.4 is 0 Å². The van der Waals surface area contributed by atoms with Crippen LogP contribution in [0.2, 0.25) is 10.0 Å². The molecule has 1 unspecified atom stereocenters. The standard InChI is InChI=1S/C17H18Cl2N2O2.ClH/c18-13-5-6-14(15(19)9-13)16(10-21-8-7-20-11-21)23-17(22)12-3-1-2-4-12;/h5-9,11-12,16H,1-4,10H2;1H. The van der Waals surface area contributed by atoms with Crippen molar-refractivity contribution in [2.24, 2.45) is 5.92 Å². The van der Waals surface area contributed by atoms with Crippen LogP contribution in [0.4, 0.5) is 0 Å². The molecule has 1 saturated carbocycles. The average Bonchev–Trinajstić information content (AvgIpc) is 3.20. The summed E-state index contributed by atoms with van der Waals surface area (Å²) in [6.07, 6.45) is 8.76. The van der Waals surface area contributed by atoms with Gasteiger partial charge in [-0.1, -0.05) is 42.1 Å². The Morgan fingerprint density at radius 2 is 2.08 bits per heavy atom. The van der Waals surface area contributed by atoms with Gasteiger partial charge in [0.05, 0.1) is 18.8 Å². The molecule has 0 aliphatic heterocycles. The second-order valence-electron chi connectivity index (χ2n) is 5.83. The van der Waals surface area contributed by atoms with Crippen LogP contribution in [0, 0.1) is 5.92 Å². The van der Waals surface area contributed by atoms with Crippen LogP contribution in [0.3, 0.4) is 0 Å². The van der Waals surface area contributed by atoms with Crippen LogP contribution >= 0.6 is 35.6 Å². The summed E-state index contributed by atoms with van der Waals surface area (Å²) in [5.41, 5.74) is 0.760. The zero-order valence-corrected chi connectivity index (χ0v) is 15.4. The molecule has 1 heterocycles. The van der Waals surface area contributed by atoms with E-state index in [1.165, 1.54) is 0 Å². The Bertz CT molecular complexity index is 670. The van der Waals surface area contributed by atoms with E-state index >= 15 is 0 Å². The van der Waals surface area contributed by atoms with Gasteiger partial charge in [-0.2, -0.15) is 0 Å². The lowest BCUT2D eigenvalue weighted by Crippen LogP contribution is -2.21. The fourth-order valence-electron chi connectivity index (χ4n) is 2.95. The van der Waals surface area contributed by atoms with Crippen molar-refractivity contribution in [3.8, 4) is 0 Å². The molecule has 130 valence electrons. The molecule has 1 aliphatic rings. The number of ether oxygens (including phenoxy) is 1. The van der Waals surface area contributed by atoms with E-state index < -0.39 is 6.10 Å². The van der Waals surface area contributed by atoms with Gasteiger partial charge in [-0.05, 0) is 25.0 Å². The number of aromatic nitrogens is 2. The summed E-state index contributed by atoms with van der Waals surface area (Å²) in [6.45, 7) is 0.472. The van der Waals surface area contributed by atoms with E-state index in [0.29, 0.717) is 16.6 Å². The molecule has 1 aliphatic carbocycles. The fraction of sp³-hybridized carbons (Fsp3) is 0.412. The summed E-state index contributed by atoms with van der Waals surface area (Å²) < 4.78 is 7.67. The lowest BCUT2D eigenvalue weighted by Gasteiger charge is -2.22. The number of carbonyl (C=O) groups is 1. The molecule has 1 atom stereocenters. The Balaban J connectivity index is 0.00000208. The van der Waals surface area contributed by atoms with E-state index in [1.807, 2.05) is 16.8 Å². The quantitative estimate of drug-likeness (QED) is 0.669. The lowest BCUT2D eigenvalue weighted by atomic mass is 10.1. The van der Waals surface area contributed by atoms with Gasteiger partial charge in [-0.15, -0.1) is 12.4 Å². The highest BCUT2D eigenvalue weighted by atomic mass is 35.5. The topological polar surface area (TPSA) is 44.1 Å². The summed E-state index contributed by atoms with van der Waals surface area (Å²) in [6, 6.07) is 5.24. The Hall–Kier alpha value is -1.23. The number of imidazole rings is 1. The van der Waals surface area contributed by atoms with Crippen LogP contribution in [0.5, 0.6) is 0 Å². The molecule has 0 spiro atoms. The monoisotopic (exact) mass is 388 g/mol. The van der Waals surface area contributed by atoms with Crippen molar-refractivity contribution in [1.29, 1.82) is 0 Å². The zero-order valence-electron chi connectivity index (χ0n) is 13.0. The van der Waals surface area contributed by atoms with Crippen molar-refractivity contribution in [2.45, 2.75) is 38.3 Å². The summed E-state index contributed by atoms with van der Waals surface area (Å²) in [4.78, 5) is 16.4. The first kappa shape index (κ1) is 19.1. The summed E-state index contributed by atoms with van der Waals surface area (Å²) >= 11 is 12.3. The van der Waals surface area contributed by atoms with Gasteiger partial charge in [0.15, 0.2) is 0 Å². The maximum absolute atomic E-state index is 12.4. The van der Waals surface area contributed by atoms with Gasteiger partial charge in [-0.3, -0.25) is 4.79 Å². The number of esters is 1. The number of carbonyl (C=O) groups excluding carboxylic acids is 1. The fourth-order valence-corrected chi connectivity index (χ4v) is 3.48. The molecule has 24 heavy (non-hydrogen) atoms. The summed E-state index contributed by atoms with van der Waals surface area (Å²) in [5.74, 6) is -0.134. The van der Waals surface area contributed by atoms with E-state index in [-0.39, 0.29) is 24.3 Å². The van der Waals surface area contributed by atoms with Crippen molar-refractivity contribution in [3.63, 3.8) is 0 Å². The second-order valence-corrected chi connectivity index (χ2v) is 6.68. The highest BCUT2D eigenvalue weighted by molar-refractivity contribution is 6.35. The van der Waals surface area contributed by atoms with Crippen molar-refractivity contribution < 1.29 is 9.53 Å². The second kappa shape index (κ2) is 8.75. The first-order chi connectivity index (χ1) is 11.1. The third kappa shape index (κ3) is 4.65. The lowest BCUT2D eigenvalue weighted by molar-refractivity contribution is -0.155. The van der Waals surface area contributed by atoms with Crippen LogP contribution in [-0.4, -0.2) is 15.5 Å². The van der Waals surface area contributed by atoms with Gasteiger partial charge in [0.1, 0.15) is 6.10 Å². The number of rotatable bonds is 5. The molecular weight excluding hydrogens is 371 g/mol. The van der Waals surface area contributed by atoms with Gasteiger partial charge in [0.25, 0.3) is 0 Å². The Morgan fingerprint density at radius 3 is 2.71 bits per heavy atom. The van der Waals surface area contributed by atoms with Crippen LogP contribution in [-0.2, 0) is 16.1 Å². The predicted molar refractivity (Wildman–Crippen MR) is 96.7 cm³/mol. The van der Waals surface area contributed by atoms with Crippen LogP contribution in [0.1, 0.15) is 37.4 Å². The number of nitrogens with zero attached hydrogens (tertiary/aromatic N) is 2. The number of benzene rings is 1. The first-order valence-corrected chi connectivity index (χ1v) is 8.50. The number of hydrogen-bond acceptors (Lipinski definition) is 3. The Kier molecular flexibility index (Phi) is 6.96. The molecule has 2 aromatic rings. The van der Waals surface area contributed by atoms with Gasteiger partial charge < -0.3 is 9.30 Å². The first-order valence-electron chi connectivity index (χ1n) is 7.74. The molecule has 1 aromatic heterocycles. The largest absolute Gasteiger partial charge is 0.455 e. The molecule has 1 aromatic carbocycles. The smallest absolute Gasteiger partial charge is 0.309 e. The van der Waals surface area contributed by atoms with E-state index in [1.54, 1.807) is 24.7 Å². The predicted octanol–water partition coefficient (Wildman–Crippen LogP) is 5.09. The van der Waals surface area contributed by atoms with E-state index in [0.717, 1.165) is 31.2 Å².